The minimum Gasteiger partial charge on any atom is -0.372 e. The molecule has 1 atom stereocenters. The summed E-state index contributed by atoms with van der Waals surface area (Å²) in [6.07, 6.45) is 2.93. The lowest BCUT2D eigenvalue weighted by Gasteiger charge is -2.15. The molecule has 0 radical (unpaired) electrons. The minimum atomic E-state index is -0.165. The summed E-state index contributed by atoms with van der Waals surface area (Å²) >= 11 is 0. The van der Waals surface area contributed by atoms with E-state index in [2.05, 4.69) is 6.92 Å². The highest BCUT2D eigenvalue weighted by Crippen LogP contribution is 2.13. The van der Waals surface area contributed by atoms with Gasteiger partial charge >= 0.3 is 0 Å². The first kappa shape index (κ1) is 9.52. The van der Waals surface area contributed by atoms with Crippen LogP contribution in [0.5, 0.6) is 0 Å². The Bertz CT molecular complexity index is 159. The molecule has 0 spiro atoms. The van der Waals surface area contributed by atoms with Crippen LogP contribution in [0.15, 0.2) is 0 Å². The second-order valence-corrected chi connectivity index (χ2v) is 3.19. The molecule has 1 aliphatic heterocycles. The third-order valence-electron chi connectivity index (χ3n) is 2.31. The summed E-state index contributed by atoms with van der Waals surface area (Å²) in [6, 6.07) is 0. The number of methoxy groups -OCH3 is 1. The molecule has 1 rings (SSSR count). The quantitative estimate of drug-likeness (QED) is 0.632. The summed E-state index contributed by atoms with van der Waals surface area (Å²) in [5, 5.41) is 0. The van der Waals surface area contributed by atoms with Gasteiger partial charge < -0.3 is 9.64 Å². The highest BCUT2D eigenvalue weighted by Gasteiger charge is 2.30. The van der Waals surface area contributed by atoms with Crippen molar-refractivity contribution in [3.8, 4) is 0 Å². The smallest absolute Gasteiger partial charge is 0.251 e. The number of hydrogen-bond acceptors (Lipinski definition) is 2. The summed E-state index contributed by atoms with van der Waals surface area (Å²) in [7, 11) is 1.60. The van der Waals surface area contributed by atoms with Crippen molar-refractivity contribution in [3.63, 3.8) is 0 Å². The lowest BCUT2D eigenvalue weighted by Crippen LogP contribution is -2.30. The number of carbonyl (C=O) groups is 1. The molecule has 70 valence electrons. The van der Waals surface area contributed by atoms with E-state index >= 15 is 0 Å². The molecule has 1 saturated heterocycles. The van der Waals surface area contributed by atoms with Crippen LogP contribution in [0.25, 0.3) is 0 Å². The Morgan fingerprint density at radius 3 is 2.92 bits per heavy atom. The van der Waals surface area contributed by atoms with Crippen molar-refractivity contribution in [3.05, 3.63) is 0 Å². The van der Waals surface area contributed by atoms with E-state index in [1.165, 1.54) is 0 Å². The third kappa shape index (κ3) is 1.97. The first-order valence-electron chi connectivity index (χ1n) is 4.61. The molecule has 0 aromatic heterocycles. The zero-order valence-corrected chi connectivity index (χ0v) is 7.88. The van der Waals surface area contributed by atoms with Gasteiger partial charge in [0, 0.05) is 26.6 Å². The fourth-order valence-electron chi connectivity index (χ4n) is 1.50. The number of carbonyl (C=O) groups excluding carboxylic acids is 1. The second kappa shape index (κ2) is 4.45. The molecule has 1 amide bonds. The van der Waals surface area contributed by atoms with Gasteiger partial charge in [-0.15, -0.1) is 0 Å². The highest BCUT2D eigenvalue weighted by molar-refractivity contribution is 5.82. The molecule has 0 aliphatic carbocycles. The van der Waals surface area contributed by atoms with Crippen LogP contribution >= 0.6 is 0 Å². The molecule has 0 aromatic carbocycles. The normalized spacial score (nSPS) is 23.7. The maximum atomic E-state index is 11.4. The van der Waals surface area contributed by atoms with Crippen molar-refractivity contribution in [2.75, 3.05) is 20.2 Å². The van der Waals surface area contributed by atoms with Crippen LogP contribution < -0.4 is 0 Å². The molecule has 1 aliphatic rings. The van der Waals surface area contributed by atoms with Crippen molar-refractivity contribution in [1.82, 2.24) is 4.90 Å². The Labute approximate surface area is 73.7 Å². The van der Waals surface area contributed by atoms with Gasteiger partial charge in [-0.25, -0.2) is 0 Å². The van der Waals surface area contributed by atoms with Gasteiger partial charge in [0.05, 0.1) is 0 Å². The van der Waals surface area contributed by atoms with E-state index in [1.54, 1.807) is 7.11 Å². The molecule has 0 saturated carbocycles. The van der Waals surface area contributed by atoms with Crippen molar-refractivity contribution >= 4 is 5.91 Å². The van der Waals surface area contributed by atoms with Gasteiger partial charge in [-0.1, -0.05) is 13.3 Å². The average molecular weight is 171 g/mol. The van der Waals surface area contributed by atoms with Gasteiger partial charge in [0.25, 0.3) is 5.91 Å². The first-order valence-corrected chi connectivity index (χ1v) is 4.61. The lowest BCUT2D eigenvalue weighted by molar-refractivity contribution is -0.135. The third-order valence-corrected chi connectivity index (χ3v) is 2.31. The predicted octanol–water partition coefficient (Wildman–Crippen LogP) is 1.03. The summed E-state index contributed by atoms with van der Waals surface area (Å²) in [4.78, 5) is 13.3. The van der Waals surface area contributed by atoms with Gasteiger partial charge in [0.15, 0.2) is 0 Å². The topological polar surface area (TPSA) is 29.5 Å². The van der Waals surface area contributed by atoms with E-state index in [0.717, 1.165) is 32.4 Å². The number of ether oxygens (including phenoxy) is 1. The molecule has 0 bridgehead atoms. The SMILES string of the molecule is CCCCN1CCC(OC)C1=O. The minimum absolute atomic E-state index is 0.165. The maximum absolute atomic E-state index is 11.4. The van der Waals surface area contributed by atoms with E-state index in [0.29, 0.717) is 0 Å². The lowest BCUT2D eigenvalue weighted by atomic mass is 10.3. The fraction of sp³-hybridized carbons (Fsp3) is 0.889. The number of nitrogens with zero attached hydrogens (tertiary/aromatic N) is 1. The van der Waals surface area contributed by atoms with Gasteiger partial charge in [0.2, 0.25) is 0 Å². The second-order valence-electron chi connectivity index (χ2n) is 3.19. The fourth-order valence-corrected chi connectivity index (χ4v) is 1.50. The van der Waals surface area contributed by atoms with Crippen molar-refractivity contribution < 1.29 is 9.53 Å². The average Bonchev–Trinajstić information content (AvgIpc) is 2.43. The molecule has 12 heavy (non-hydrogen) atoms. The molecule has 0 aromatic rings. The number of likely N-dealkylation sites (tertiary alicyclic amines) is 1. The Kier molecular flexibility index (Phi) is 3.53. The number of unbranched alkanes of at least 4 members (excludes halogenated alkanes) is 1. The van der Waals surface area contributed by atoms with E-state index in [-0.39, 0.29) is 12.0 Å². The van der Waals surface area contributed by atoms with Gasteiger partial charge in [-0.2, -0.15) is 0 Å². The Hall–Kier alpha value is -0.570. The molecule has 3 heteroatoms. The number of amides is 1. The van der Waals surface area contributed by atoms with E-state index in [4.69, 9.17) is 4.74 Å². The molecule has 1 unspecified atom stereocenters. The molecule has 3 nitrogen and oxygen atoms in total. The predicted molar refractivity (Wildman–Crippen MR) is 46.9 cm³/mol. The van der Waals surface area contributed by atoms with Gasteiger partial charge in [-0.3, -0.25) is 4.79 Å². The number of rotatable bonds is 4. The maximum Gasteiger partial charge on any atom is 0.251 e. The summed E-state index contributed by atoms with van der Waals surface area (Å²) in [6.45, 7) is 3.90. The van der Waals surface area contributed by atoms with E-state index < -0.39 is 0 Å². The van der Waals surface area contributed by atoms with Crippen LogP contribution in [-0.2, 0) is 9.53 Å². The van der Waals surface area contributed by atoms with E-state index in [1.807, 2.05) is 4.90 Å². The van der Waals surface area contributed by atoms with Crippen molar-refractivity contribution in [2.24, 2.45) is 0 Å². The van der Waals surface area contributed by atoms with Crippen molar-refractivity contribution in [1.29, 1.82) is 0 Å². The summed E-state index contributed by atoms with van der Waals surface area (Å²) < 4.78 is 5.04. The van der Waals surface area contributed by atoms with Crippen LogP contribution in [-0.4, -0.2) is 37.1 Å². The summed E-state index contributed by atoms with van der Waals surface area (Å²) in [5.74, 6) is 0.172. The van der Waals surface area contributed by atoms with Crippen LogP contribution in [0.2, 0.25) is 0 Å². The van der Waals surface area contributed by atoms with E-state index in [9.17, 15) is 4.79 Å². The van der Waals surface area contributed by atoms with Crippen molar-refractivity contribution in [2.45, 2.75) is 32.3 Å². The largest absolute Gasteiger partial charge is 0.372 e. The zero-order chi connectivity index (χ0) is 8.97. The molecule has 1 fully saturated rings. The Balaban J connectivity index is 2.33. The van der Waals surface area contributed by atoms with Gasteiger partial charge in [0.1, 0.15) is 6.10 Å². The van der Waals surface area contributed by atoms with Gasteiger partial charge in [-0.05, 0) is 6.42 Å². The Morgan fingerprint density at radius 1 is 1.67 bits per heavy atom. The number of hydrogen-bond donors (Lipinski definition) is 0. The van der Waals surface area contributed by atoms with Crippen LogP contribution in [0.4, 0.5) is 0 Å². The molecule has 1 heterocycles. The highest BCUT2D eigenvalue weighted by atomic mass is 16.5. The zero-order valence-electron chi connectivity index (χ0n) is 7.88. The van der Waals surface area contributed by atoms with Crippen LogP contribution in [0.1, 0.15) is 26.2 Å². The summed E-state index contributed by atoms with van der Waals surface area (Å²) in [5.41, 5.74) is 0. The first-order chi connectivity index (χ1) is 5.79. The monoisotopic (exact) mass is 171 g/mol. The van der Waals surface area contributed by atoms with Crippen LogP contribution in [0.3, 0.4) is 0 Å². The standard InChI is InChI=1S/C9H17NO2/c1-3-4-6-10-7-5-8(12-2)9(10)11/h8H,3-7H2,1-2H3. The molecular formula is C9H17NO2. The van der Waals surface area contributed by atoms with Crippen LogP contribution in [0, 0.1) is 0 Å². The Morgan fingerprint density at radius 2 is 2.42 bits per heavy atom. The molecular weight excluding hydrogens is 154 g/mol. The molecule has 0 N–H and O–H groups in total.